The van der Waals surface area contributed by atoms with Gasteiger partial charge in [0.25, 0.3) is 5.89 Å². The Kier molecular flexibility index (Phi) is 6.09. The van der Waals surface area contributed by atoms with E-state index in [0.29, 0.717) is 17.2 Å². The second kappa shape index (κ2) is 9.08. The number of rotatable bonds is 6. The maximum Gasteiger partial charge on any atom is 0.459 e. The zero-order chi connectivity index (χ0) is 28.2. The molecule has 0 aliphatic heterocycles. The first-order valence-corrected chi connectivity index (χ1v) is 11.3. The Morgan fingerprint density at radius 3 is 2.38 bits per heavy atom. The van der Waals surface area contributed by atoms with Gasteiger partial charge in [0.2, 0.25) is 6.39 Å². The smallest absolute Gasteiger partial charge is 0.459 e. The maximum absolute atomic E-state index is 14.5. The van der Waals surface area contributed by atoms with Gasteiger partial charge in [-0.15, -0.1) is 10.2 Å². The molecule has 1 aromatic carbocycles. The molecule has 0 aliphatic rings. The number of halogens is 5. The third-order valence-corrected chi connectivity index (χ3v) is 5.79. The number of ether oxygens (including phenoxy) is 1. The van der Waals surface area contributed by atoms with Crippen LogP contribution >= 0.6 is 0 Å². The quantitative estimate of drug-likeness (QED) is 0.232. The molecule has 0 fully saturated rings. The van der Waals surface area contributed by atoms with Gasteiger partial charge in [-0.3, -0.25) is 4.40 Å². The van der Waals surface area contributed by atoms with E-state index < -0.39 is 29.4 Å². The van der Waals surface area contributed by atoms with Gasteiger partial charge in [0.05, 0.1) is 0 Å². The van der Waals surface area contributed by atoms with Crippen molar-refractivity contribution in [2.24, 2.45) is 0 Å². The number of benzene rings is 1. The van der Waals surface area contributed by atoms with Crippen molar-refractivity contribution in [2.75, 3.05) is 0 Å². The monoisotopic (exact) mass is 547 g/mol. The Hall–Kier alpha value is -4.46. The Morgan fingerprint density at radius 1 is 1.05 bits per heavy atom. The number of nitrogens with zero attached hydrogens (tertiary/aromatic N) is 5. The second-order valence-electron chi connectivity index (χ2n) is 9.13. The number of carbonyl (C=O) groups is 1. The Bertz CT molecular complexity index is 1670. The van der Waals surface area contributed by atoms with E-state index in [-0.39, 0.29) is 40.4 Å². The largest absolute Gasteiger partial charge is 0.459 e. The van der Waals surface area contributed by atoms with Crippen LogP contribution in [0.25, 0.3) is 39.4 Å². The van der Waals surface area contributed by atoms with Crippen molar-refractivity contribution in [3.05, 3.63) is 66.3 Å². The van der Waals surface area contributed by atoms with E-state index in [1.54, 1.807) is 6.07 Å². The normalized spacial score (nSPS) is 12.8. The fourth-order valence-corrected chi connectivity index (χ4v) is 3.77. The van der Waals surface area contributed by atoms with Crippen LogP contribution in [0.2, 0.25) is 0 Å². The van der Waals surface area contributed by atoms with Gasteiger partial charge in [-0.1, -0.05) is 24.3 Å². The van der Waals surface area contributed by atoms with Crippen molar-refractivity contribution >= 4 is 22.6 Å². The summed E-state index contributed by atoms with van der Waals surface area (Å²) in [7, 11) is 0. The number of aliphatic hydroxyl groups is 1. The highest BCUT2D eigenvalue weighted by molar-refractivity contribution is 5.94. The number of esters is 1. The van der Waals surface area contributed by atoms with Crippen molar-refractivity contribution in [2.45, 2.75) is 38.2 Å². The number of hydrogen-bond donors (Lipinski definition) is 1. The maximum atomic E-state index is 14.5. The summed E-state index contributed by atoms with van der Waals surface area (Å²) >= 11 is 0. The Balaban J connectivity index is 1.64. The molecule has 0 spiro atoms. The van der Waals surface area contributed by atoms with Crippen LogP contribution in [-0.2, 0) is 22.1 Å². The number of aromatic nitrogens is 5. The third kappa shape index (κ3) is 4.78. The molecule has 0 amide bonds. The van der Waals surface area contributed by atoms with Crippen molar-refractivity contribution in [3.63, 3.8) is 0 Å². The number of carbonyl (C=O) groups excluding carboxylic acids is 1. The number of pyridine rings is 2. The lowest BCUT2D eigenvalue weighted by atomic mass is 9.99. The molecule has 0 bridgehead atoms. The summed E-state index contributed by atoms with van der Waals surface area (Å²) in [5.41, 5.74) is -2.18. The van der Waals surface area contributed by atoms with E-state index in [1.165, 1.54) is 54.8 Å². The molecule has 5 aromatic rings. The standard InChI is InChI=1S/C25H18F5N5O4/c1-23(2,37)22(36)38-11-13-3-5-14(6-4-13)16-9-18(24(26,27)25(28,29)30)33-20-15(16)7-8-19-32-17(10-35(19)20)21-34-31-12-39-21/h3-10,12,37H,11H2,1-2H3. The molecule has 14 heteroatoms. The van der Waals surface area contributed by atoms with Gasteiger partial charge in [-0.05, 0) is 48.7 Å². The summed E-state index contributed by atoms with van der Waals surface area (Å²) in [6.07, 6.45) is -3.49. The van der Waals surface area contributed by atoms with E-state index in [4.69, 9.17) is 9.15 Å². The summed E-state index contributed by atoms with van der Waals surface area (Å²) in [6.45, 7) is 2.35. The molecule has 0 saturated heterocycles. The molecule has 0 saturated carbocycles. The number of imidazole rings is 1. The average Bonchev–Trinajstić information content (AvgIpc) is 3.55. The number of fused-ring (bicyclic) bond motifs is 3. The van der Waals surface area contributed by atoms with E-state index in [2.05, 4.69) is 20.2 Å². The average molecular weight is 547 g/mol. The summed E-state index contributed by atoms with van der Waals surface area (Å²) in [5, 5.41) is 17.3. The van der Waals surface area contributed by atoms with E-state index in [9.17, 15) is 31.9 Å². The van der Waals surface area contributed by atoms with Crippen LogP contribution in [0.1, 0.15) is 25.1 Å². The first kappa shape index (κ1) is 26.2. The van der Waals surface area contributed by atoms with Crippen molar-refractivity contribution < 1.29 is 41.0 Å². The van der Waals surface area contributed by atoms with Gasteiger partial charge in [0.15, 0.2) is 5.60 Å². The minimum Gasteiger partial charge on any atom is -0.459 e. The Labute approximate surface area is 215 Å². The molecule has 9 nitrogen and oxygen atoms in total. The van der Waals surface area contributed by atoms with Crippen LogP contribution in [0.4, 0.5) is 22.0 Å². The van der Waals surface area contributed by atoms with Crippen molar-refractivity contribution in [1.82, 2.24) is 24.6 Å². The van der Waals surface area contributed by atoms with E-state index >= 15 is 0 Å². The fourth-order valence-electron chi connectivity index (χ4n) is 3.77. The van der Waals surface area contributed by atoms with Gasteiger partial charge in [0.1, 0.15) is 29.3 Å². The minimum absolute atomic E-state index is 0.0183. The van der Waals surface area contributed by atoms with Crippen LogP contribution in [-0.4, -0.2) is 47.4 Å². The zero-order valence-corrected chi connectivity index (χ0v) is 20.2. The minimum atomic E-state index is -5.89. The van der Waals surface area contributed by atoms with Crippen LogP contribution < -0.4 is 0 Å². The molecule has 0 aliphatic carbocycles. The fraction of sp³-hybridized carbons (Fsp3) is 0.240. The summed E-state index contributed by atoms with van der Waals surface area (Å²) < 4.78 is 80.5. The highest BCUT2D eigenvalue weighted by atomic mass is 19.4. The highest BCUT2D eigenvalue weighted by Crippen LogP contribution is 2.45. The molecule has 4 aromatic heterocycles. The van der Waals surface area contributed by atoms with E-state index in [0.717, 1.165) is 6.39 Å². The van der Waals surface area contributed by atoms with Gasteiger partial charge in [-0.2, -0.15) is 22.0 Å². The molecule has 39 heavy (non-hydrogen) atoms. The molecule has 5 rings (SSSR count). The number of alkyl halides is 5. The summed E-state index contributed by atoms with van der Waals surface area (Å²) in [4.78, 5) is 19.8. The molecule has 1 N–H and O–H groups in total. The first-order valence-electron chi connectivity index (χ1n) is 11.3. The molecular weight excluding hydrogens is 529 g/mol. The van der Waals surface area contributed by atoms with Crippen LogP contribution in [0.15, 0.2) is 59.5 Å². The van der Waals surface area contributed by atoms with Crippen molar-refractivity contribution in [3.8, 4) is 22.7 Å². The first-order chi connectivity index (χ1) is 18.3. The SMILES string of the molecule is CC(C)(O)C(=O)OCc1ccc(-c2cc(C(F)(F)C(F)(F)F)nc3c2ccc2nc(-c4nnco4)cn23)cc1. The number of hydrogen-bond acceptors (Lipinski definition) is 8. The zero-order valence-electron chi connectivity index (χ0n) is 20.2. The van der Waals surface area contributed by atoms with Gasteiger partial charge in [0, 0.05) is 11.6 Å². The van der Waals surface area contributed by atoms with Crippen molar-refractivity contribution in [1.29, 1.82) is 0 Å². The topological polar surface area (TPSA) is 116 Å². The van der Waals surface area contributed by atoms with Crippen LogP contribution in [0, 0.1) is 0 Å². The molecule has 202 valence electrons. The summed E-state index contributed by atoms with van der Waals surface area (Å²) in [6, 6.07) is 9.75. The predicted molar refractivity (Wildman–Crippen MR) is 125 cm³/mol. The lowest BCUT2D eigenvalue weighted by Crippen LogP contribution is -2.34. The molecule has 0 atom stereocenters. The van der Waals surface area contributed by atoms with Crippen LogP contribution in [0.3, 0.4) is 0 Å². The Morgan fingerprint density at radius 2 is 1.77 bits per heavy atom. The van der Waals surface area contributed by atoms with Gasteiger partial charge < -0.3 is 14.3 Å². The summed E-state index contributed by atoms with van der Waals surface area (Å²) in [5.74, 6) is -6.08. The molecule has 4 heterocycles. The van der Waals surface area contributed by atoms with Crippen LogP contribution in [0.5, 0.6) is 0 Å². The third-order valence-electron chi connectivity index (χ3n) is 5.79. The van der Waals surface area contributed by atoms with Gasteiger partial charge >= 0.3 is 18.1 Å². The van der Waals surface area contributed by atoms with Gasteiger partial charge in [-0.25, -0.2) is 14.8 Å². The molecular formula is C25H18F5N5O4. The lowest BCUT2D eigenvalue weighted by molar-refractivity contribution is -0.290. The molecule has 0 unspecified atom stereocenters. The lowest BCUT2D eigenvalue weighted by Gasteiger charge is -2.21. The second-order valence-corrected chi connectivity index (χ2v) is 9.13. The molecule has 0 radical (unpaired) electrons. The highest BCUT2D eigenvalue weighted by Gasteiger charge is 2.60. The van der Waals surface area contributed by atoms with E-state index in [1.807, 2.05) is 0 Å². The predicted octanol–water partition coefficient (Wildman–Crippen LogP) is 5.07.